The minimum Gasteiger partial charge on any atom is -0.469 e. The van der Waals surface area contributed by atoms with Crippen LogP contribution in [0.25, 0.3) is 0 Å². The maximum absolute atomic E-state index is 12.7. The van der Waals surface area contributed by atoms with Crippen molar-refractivity contribution >= 4 is 28.0 Å². The second kappa shape index (κ2) is 8.61. The Kier molecular flexibility index (Phi) is 6.46. The van der Waals surface area contributed by atoms with Crippen molar-refractivity contribution in [3.05, 3.63) is 35.7 Å². The molecule has 28 heavy (non-hydrogen) atoms. The van der Waals surface area contributed by atoms with Gasteiger partial charge in [-0.05, 0) is 18.6 Å². The van der Waals surface area contributed by atoms with Crippen LogP contribution in [0.4, 0.5) is 10.7 Å². The van der Waals surface area contributed by atoms with Gasteiger partial charge in [0.2, 0.25) is 5.95 Å². The molecule has 1 heterocycles. The molecule has 11 nitrogen and oxygen atoms in total. The van der Waals surface area contributed by atoms with Crippen LogP contribution in [0, 0.1) is 6.92 Å². The molecule has 0 saturated carbocycles. The molecule has 0 aliphatic rings. The third-order valence-electron chi connectivity index (χ3n) is 3.55. The zero-order valence-electron chi connectivity index (χ0n) is 15.7. The van der Waals surface area contributed by atoms with Crippen LogP contribution in [0.5, 0.6) is 6.01 Å². The van der Waals surface area contributed by atoms with Crippen molar-refractivity contribution < 1.29 is 27.5 Å². The Bertz CT molecular complexity index is 995. The van der Waals surface area contributed by atoms with Crippen LogP contribution in [-0.2, 0) is 26.0 Å². The zero-order chi connectivity index (χ0) is 20.9. The predicted molar refractivity (Wildman–Crippen MR) is 97.4 cm³/mol. The van der Waals surface area contributed by atoms with Crippen LogP contribution >= 0.6 is 0 Å². The summed E-state index contributed by atoms with van der Waals surface area (Å²) in [6, 6.07) is 4.77. The fraction of sp³-hybridized carbons (Fsp3) is 0.312. The van der Waals surface area contributed by atoms with Crippen molar-refractivity contribution in [2.75, 3.05) is 26.2 Å². The Morgan fingerprint density at radius 1 is 1.14 bits per heavy atom. The molecule has 2 rings (SSSR count). The van der Waals surface area contributed by atoms with Gasteiger partial charge >= 0.3 is 18.0 Å². The number of urea groups is 1. The summed E-state index contributed by atoms with van der Waals surface area (Å²) in [5.74, 6) is -0.425. The molecule has 0 atom stereocenters. The number of hydrogen-bond acceptors (Lipinski definition) is 9. The van der Waals surface area contributed by atoms with Gasteiger partial charge in [-0.15, -0.1) is 0 Å². The quantitative estimate of drug-likeness (QED) is 0.673. The highest BCUT2D eigenvalue weighted by molar-refractivity contribution is 7.90. The van der Waals surface area contributed by atoms with Gasteiger partial charge in [-0.1, -0.05) is 18.2 Å². The van der Waals surface area contributed by atoms with Crippen LogP contribution in [0.2, 0.25) is 0 Å². The summed E-state index contributed by atoms with van der Waals surface area (Å²) in [6.07, 6.45) is -0.262. The van der Waals surface area contributed by atoms with Crippen molar-refractivity contribution in [2.45, 2.75) is 18.2 Å². The molecule has 0 unspecified atom stereocenters. The lowest BCUT2D eigenvalue weighted by Crippen LogP contribution is -2.42. The number of nitrogens with zero attached hydrogens (tertiary/aromatic N) is 4. The first-order valence-electron chi connectivity index (χ1n) is 7.90. The van der Waals surface area contributed by atoms with Gasteiger partial charge in [0.25, 0.3) is 10.0 Å². The van der Waals surface area contributed by atoms with Gasteiger partial charge in [0, 0.05) is 7.05 Å². The van der Waals surface area contributed by atoms with Gasteiger partial charge in [0.1, 0.15) is 5.82 Å². The normalized spacial score (nSPS) is 10.9. The topological polar surface area (TPSA) is 141 Å². The first-order valence-corrected chi connectivity index (χ1v) is 9.38. The number of anilines is 1. The molecule has 12 heteroatoms. The molecule has 0 spiro atoms. The van der Waals surface area contributed by atoms with E-state index in [9.17, 15) is 18.0 Å². The summed E-state index contributed by atoms with van der Waals surface area (Å²) in [5.41, 5.74) is 0.190. The maximum atomic E-state index is 12.7. The fourth-order valence-corrected chi connectivity index (χ4v) is 3.37. The first-order chi connectivity index (χ1) is 13.2. The third-order valence-corrected chi connectivity index (χ3v) is 4.97. The lowest BCUT2D eigenvalue weighted by atomic mass is 10.1. The van der Waals surface area contributed by atoms with E-state index in [0.29, 0.717) is 0 Å². The number of carbonyl (C=O) groups is 2. The van der Waals surface area contributed by atoms with Crippen molar-refractivity contribution in [3.8, 4) is 6.01 Å². The number of sulfonamides is 1. The molecule has 1 N–H and O–H groups in total. The van der Waals surface area contributed by atoms with Crippen LogP contribution in [0.15, 0.2) is 29.2 Å². The van der Waals surface area contributed by atoms with Gasteiger partial charge in [0.15, 0.2) is 0 Å². The van der Waals surface area contributed by atoms with Gasteiger partial charge in [-0.3, -0.25) is 9.69 Å². The van der Waals surface area contributed by atoms with Crippen molar-refractivity contribution in [2.24, 2.45) is 0 Å². The van der Waals surface area contributed by atoms with Crippen LogP contribution in [0.3, 0.4) is 0 Å². The van der Waals surface area contributed by atoms with Crippen LogP contribution < -0.4 is 14.4 Å². The second-order valence-electron chi connectivity index (χ2n) is 5.50. The highest BCUT2D eigenvalue weighted by Gasteiger charge is 2.25. The van der Waals surface area contributed by atoms with E-state index < -0.39 is 22.0 Å². The molecule has 0 fully saturated rings. The molecule has 0 saturated heterocycles. The average Bonchev–Trinajstić information content (AvgIpc) is 2.66. The Labute approximate surface area is 161 Å². The van der Waals surface area contributed by atoms with E-state index in [2.05, 4.69) is 19.7 Å². The Morgan fingerprint density at radius 3 is 2.46 bits per heavy atom. The SMILES string of the molecule is COC(=O)Cc1ccccc1S(=O)(=O)NC(=O)N(C)c1nc(C)nc(OC)n1. The molecular formula is C16H19N5O6S. The summed E-state index contributed by atoms with van der Waals surface area (Å²) in [5, 5.41) is 0. The maximum Gasteiger partial charge on any atom is 0.337 e. The van der Waals surface area contributed by atoms with E-state index in [1.807, 2.05) is 4.72 Å². The lowest BCUT2D eigenvalue weighted by Gasteiger charge is -2.17. The molecule has 2 amide bonds. The van der Waals surface area contributed by atoms with Gasteiger partial charge in [-0.2, -0.15) is 15.0 Å². The van der Waals surface area contributed by atoms with E-state index in [0.717, 1.165) is 4.90 Å². The highest BCUT2D eigenvalue weighted by atomic mass is 32.2. The van der Waals surface area contributed by atoms with E-state index in [4.69, 9.17) is 4.74 Å². The number of esters is 1. The number of nitrogens with one attached hydrogen (secondary N) is 1. The molecule has 0 radical (unpaired) electrons. The molecule has 1 aromatic carbocycles. The van der Waals surface area contributed by atoms with E-state index >= 15 is 0 Å². The van der Waals surface area contributed by atoms with Crippen molar-refractivity contribution in [3.63, 3.8) is 0 Å². The number of methoxy groups -OCH3 is 2. The smallest absolute Gasteiger partial charge is 0.337 e. The van der Waals surface area contributed by atoms with Crippen LogP contribution in [0.1, 0.15) is 11.4 Å². The summed E-state index contributed by atoms with van der Waals surface area (Å²) in [4.78, 5) is 36.4. The lowest BCUT2D eigenvalue weighted by molar-refractivity contribution is -0.139. The number of rotatable bonds is 6. The largest absolute Gasteiger partial charge is 0.469 e. The number of benzene rings is 1. The van der Waals surface area contributed by atoms with Gasteiger partial charge < -0.3 is 9.47 Å². The minimum atomic E-state index is -4.27. The Balaban J connectivity index is 2.28. The monoisotopic (exact) mass is 409 g/mol. The summed E-state index contributed by atoms with van der Waals surface area (Å²) < 4.78 is 36.8. The number of amides is 2. The first kappa shape index (κ1) is 21.0. The Hall–Kier alpha value is -3.28. The minimum absolute atomic E-state index is 0.0200. The number of aryl methyl sites for hydroxylation is 1. The molecule has 0 aliphatic heterocycles. The fourth-order valence-electron chi connectivity index (χ4n) is 2.15. The molecule has 0 aliphatic carbocycles. The second-order valence-corrected chi connectivity index (χ2v) is 7.15. The molecule has 1 aromatic heterocycles. The van der Waals surface area contributed by atoms with Crippen molar-refractivity contribution in [1.29, 1.82) is 0 Å². The summed E-state index contributed by atoms with van der Waals surface area (Å²) in [7, 11) is -0.439. The van der Waals surface area contributed by atoms with Crippen LogP contribution in [-0.4, -0.2) is 56.6 Å². The van der Waals surface area contributed by atoms with Crippen molar-refractivity contribution in [1.82, 2.24) is 19.7 Å². The Morgan fingerprint density at radius 2 is 1.82 bits per heavy atom. The third kappa shape index (κ3) is 4.91. The van der Waals surface area contributed by atoms with E-state index in [-0.39, 0.29) is 34.7 Å². The summed E-state index contributed by atoms with van der Waals surface area (Å²) in [6.45, 7) is 1.57. The average molecular weight is 409 g/mol. The predicted octanol–water partition coefficient (Wildman–Crippen LogP) is 0.439. The number of ether oxygens (including phenoxy) is 2. The number of aromatic nitrogens is 3. The zero-order valence-corrected chi connectivity index (χ0v) is 16.5. The standard InChI is InChI=1S/C16H19N5O6S/c1-10-17-14(19-15(18-10)27-4)21(2)16(23)20-28(24,25)12-8-6-5-7-11(12)9-13(22)26-3/h5-8H,9H2,1-4H3,(H,20,23). The highest BCUT2D eigenvalue weighted by Crippen LogP contribution is 2.17. The van der Waals surface area contributed by atoms with E-state index in [1.54, 1.807) is 13.0 Å². The van der Waals surface area contributed by atoms with E-state index in [1.165, 1.54) is 39.5 Å². The van der Waals surface area contributed by atoms with Gasteiger partial charge in [0.05, 0.1) is 25.5 Å². The number of hydrogen-bond donors (Lipinski definition) is 1. The molecular weight excluding hydrogens is 390 g/mol. The van der Waals surface area contributed by atoms with Gasteiger partial charge in [-0.25, -0.2) is 17.9 Å². The summed E-state index contributed by atoms with van der Waals surface area (Å²) >= 11 is 0. The molecule has 150 valence electrons. The molecule has 0 bridgehead atoms. The molecule has 2 aromatic rings. The number of carbonyl (C=O) groups excluding carboxylic acids is 2.